The Kier molecular flexibility index (Phi) is 18.3. The fourth-order valence-corrected chi connectivity index (χ4v) is 28.5. The largest absolute Gasteiger partial charge is 0.436 e. The number of rotatable bonds is 8. The van der Waals surface area contributed by atoms with Gasteiger partial charge in [0.25, 0.3) is 0 Å². The van der Waals surface area contributed by atoms with E-state index >= 15 is 0 Å². The van der Waals surface area contributed by atoms with Crippen molar-refractivity contribution >= 4 is 259 Å². The number of aromatic amines is 1. The van der Waals surface area contributed by atoms with Gasteiger partial charge in [-0.05, 0) is 134 Å². The van der Waals surface area contributed by atoms with Gasteiger partial charge in [-0.25, -0.2) is 24.9 Å². The molecule has 0 fully saturated rings. The van der Waals surface area contributed by atoms with E-state index < -0.39 is 0 Å². The van der Waals surface area contributed by atoms with E-state index in [1.54, 1.807) is 17.5 Å². The number of pyridine rings is 1. The van der Waals surface area contributed by atoms with E-state index in [2.05, 4.69) is 407 Å². The van der Waals surface area contributed by atoms with Gasteiger partial charge in [0.1, 0.15) is 28.0 Å². The smallest absolute Gasteiger partial charge is 0.248 e. The Morgan fingerprint density at radius 2 is 0.772 bits per heavy atom. The minimum absolute atomic E-state index is 0.316. The number of fused-ring (bicyclic) bond motifs is 41. The van der Waals surface area contributed by atoms with Gasteiger partial charge in [0.15, 0.2) is 5.82 Å². The summed E-state index contributed by atoms with van der Waals surface area (Å²) in [4.78, 5) is 42.6. The molecule has 16 heteroatoms. The summed E-state index contributed by atoms with van der Waals surface area (Å²) in [6, 6.07) is 144. The van der Waals surface area contributed by atoms with Crippen molar-refractivity contribution in [2.24, 2.45) is 0 Å². The molecule has 676 valence electrons. The van der Waals surface area contributed by atoms with Crippen LogP contribution in [0.4, 0.5) is 0 Å². The second kappa shape index (κ2) is 32.3. The van der Waals surface area contributed by atoms with Gasteiger partial charge in [0, 0.05) is 148 Å². The van der Waals surface area contributed by atoms with Crippen LogP contribution in [0.5, 0.6) is 0 Å². The maximum absolute atomic E-state index is 6.30. The number of thiophene rings is 3. The van der Waals surface area contributed by atoms with Crippen LogP contribution in [0.3, 0.4) is 0 Å². The quantitative estimate of drug-likeness (QED) is 0.158. The normalized spacial score (nSPS) is 13.7. The highest BCUT2D eigenvalue weighted by molar-refractivity contribution is 8.00. The van der Waals surface area contributed by atoms with E-state index in [0.29, 0.717) is 40.3 Å². The van der Waals surface area contributed by atoms with Crippen LogP contribution >= 0.6 is 45.8 Å². The first-order valence-corrected chi connectivity index (χ1v) is 52.1. The number of aromatic nitrogens is 11. The second-order valence-electron chi connectivity index (χ2n) is 37.4. The Morgan fingerprint density at radius 3 is 1.46 bits per heavy atom. The number of nitrogens with zero attached hydrogens (tertiary/aromatic N) is 10. The molecule has 2 atom stereocenters. The van der Waals surface area contributed by atoms with Gasteiger partial charge in [-0.1, -0.05) is 346 Å². The highest BCUT2D eigenvalue weighted by Gasteiger charge is 2.38. The van der Waals surface area contributed by atoms with Crippen LogP contribution in [0.25, 0.3) is 287 Å². The molecule has 2 aliphatic rings. The Hall–Kier alpha value is -17.9. The van der Waals surface area contributed by atoms with Crippen molar-refractivity contribution in [3.8, 4) is 73.9 Å². The van der Waals surface area contributed by atoms with E-state index in [1.165, 1.54) is 148 Å². The first-order chi connectivity index (χ1) is 72.0. The zero-order chi connectivity index (χ0) is 94.7. The van der Waals surface area contributed by atoms with Crippen molar-refractivity contribution in [3.63, 3.8) is 0 Å². The summed E-state index contributed by atoms with van der Waals surface area (Å²) in [6.45, 7) is 0. The third-order valence-electron chi connectivity index (χ3n) is 29.5. The average molecular weight is 1920 g/mol. The number of para-hydroxylation sites is 4. The maximum Gasteiger partial charge on any atom is 0.248 e. The summed E-state index contributed by atoms with van der Waals surface area (Å²) in [5, 5.41) is 25.9. The van der Waals surface area contributed by atoms with Crippen LogP contribution in [0, 0.1) is 0 Å². The molecule has 0 amide bonds. The molecule has 0 radical (unpaired) electrons. The van der Waals surface area contributed by atoms with Crippen molar-refractivity contribution in [3.05, 3.63) is 443 Å². The minimum atomic E-state index is 0.316. The Labute approximate surface area is 842 Å². The number of allylic oxidation sites excluding steroid dienone is 3. The molecule has 33 rings (SSSR count). The molecule has 1 N–H and O–H groups in total. The van der Waals surface area contributed by atoms with Gasteiger partial charge in [-0.3, -0.25) is 18.7 Å². The molecule has 0 spiro atoms. The van der Waals surface area contributed by atoms with E-state index in [-0.39, 0.29) is 0 Å². The zero-order valence-electron chi connectivity index (χ0n) is 77.2. The molecule has 145 heavy (non-hydrogen) atoms. The molecule has 12 nitrogen and oxygen atoms in total. The Morgan fingerprint density at radius 1 is 0.283 bits per heavy atom. The van der Waals surface area contributed by atoms with Gasteiger partial charge in [-0.2, -0.15) is 4.98 Å². The van der Waals surface area contributed by atoms with Crippen LogP contribution in [-0.4, -0.2) is 58.8 Å². The predicted molar refractivity (Wildman–Crippen MR) is 610 cm³/mol. The third kappa shape index (κ3) is 12.4. The lowest BCUT2D eigenvalue weighted by Crippen LogP contribution is -2.07. The maximum atomic E-state index is 6.30. The van der Waals surface area contributed by atoms with E-state index in [4.69, 9.17) is 39.3 Å². The molecule has 0 saturated heterocycles. The number of H-pyrrole nitrogens is 1. The molecule has 12 aromatic heterocycles. The fourth-order valence-electron chi connectivity index (χ4n) is 23.3. The molecule has 19 aromatic carbocycles. The molecule has 31 aromatic rings. The molecule has 2 unspecified atom stereocenters. The van der Waals surface area contributed by atoms with Crippen molar-refractivity contribution in [2.75, 3.05) is 0 Å². The number of benzene rings is 19. The molecule has 0 saturated carbocycles. The van der Waals surface area contributed by atoms with Gasteiger partial charge in [0.2, 0.25) is 17.6 Å². The fraction of sp³-hybridized carbons (Fsp3) is 0.0155. The van der Waals surface area contributed by atoms with Crippen molar-refractivity contribution in [1.82, 2.24) is 53.6 Å². The predicted octanol–water partition coefficient (Wildman–Crippen LogP) is 35.4. The van der Waals surface area contributed by atoms with Gasteiger partial charge in [-0.15, -0.1) is 45.8 Å². The summed E-state index contributed by atoms with van der Waals surface area (Å²) in [7, 11) is 0. The summed E-state index contributed by atoms with van der Waals surface area (Å²) < 4.78 is 20.7. The molecule has 0 bridgehead atoms. The SMILES string of the molecule is C1=CC2Sc3c(c4c5ccccc5n(-c5nc(-c6ccccc6)c6[nH]c7c8ccccc8ccc7c6n5)c4c4ccccc34)C2C=C1.c1ccc(-c2cc(-c3ccccc3)cc(-c3nc(-n4c5ccccc5c5c6ccccc6c6sc7ccccc7c6c54)nc4c3sc3ccccc34)c2)cc1.c1ccc(-c2nc3c(nc2-n2c4ccccc4c4c5sc6ccccc6c5c5ccccc5c42)oc2ccccc23)nc1. The standard InChI is InChI=1S/C50H29N3S2.C42H26N4S.C37H20N4OS/c1-3-15-30(16-4-1)32-27-33(31-17-5-2-6-18-31)29-34(28-32)45-49-46(39-23-11-14-26-42(39)55-49)52-50(51-45)53-40-24-12-9-21-37(40)43-35-19-7-8-20-36(35)48-44(47(43)53)38-22-10-13-25-41(38)54-48;1-2-13-25(14-3-1)36-39-38(31-23-22-24-12-4-5-15-26(24)37(31)43-39)45-42(44-36)46-32-20-10-8-18-29(32)34-35-30-19-9-11-21-33(30)47-41(35)28-17-7-6-16-27(28)40(34)46;1-2-12-22-21(11-1)30-25-15-5-8-19-29(25)43-35(30)31-23-13-3-6-17-27(23)41(34(22)31)36-33(26-16-9-10-20-38-26)39-32-24-14-4-7-18-28(24)42-37(32)40-36/h1-29H;1-23,30,33,43H;1-20H. The monoisotopic (exact) mass is 1920 g/mol. The number of nitrogens with one attached hydrogen (secondary N) is 1. The van der Waals surface area contributed by atoms with Crippen LogP contribution in [0.1, 0.15) is 11.5 Å². The Balaban J connectivity index is 0.0000000998. The molecule has 1 aliphatic carbocycles. The number of hydrogen-bond acceptors (Lipinski definition) is 12. The van der Waals surface area contributed by atoms with Crippen molar-refractivity contribution < 1.29 is 4.42 Å². The second-order valence-corrected chi connectivity index (χ2v) is 41.8. The highest BCUT2D eigenvalue weighted by atomic mass is 32.2. The van der Waals surface area contributed by atoms with Crippen LogP contribution in [0.2, 0.25) is 0 Å². The van der Waals surface area contributed by atoms with E-state index in [1.807, 2.05) is 76.9 Å². The molecule has 13 heterocycles. The van der Waals surface area contributed by atoms with Crippen LogP contribution < -0.4 is 0 Å². The summed E-state index contributed by atoms with van der Waals surface area (Å²) in [5.74, 6) is 2.37. The number of thioether (sulfide) groups is 1. The highest BCUT2D eigenvalue weighted by Crippen LogP contribution is 2.58. The summed E-state index contributed by atoms with van der Waals surface area (Å²) in [5.41, 5.74) is 24.2. The first kappa shape index (κ1) is 81.9. The van der Waals surface area contributed by atoms with Gasteiger partial charge >= 0.3 is 0 Å². The van der Waals surface area contributed by atoms with Gasteiger partial charge in [0.05, 0.1) is 65.7 Å². The van der Waals surface area contributed by atoms with Crippen LogP contribution in [-0.2, 0) is 0 Å². The third-order valence-corrected chi connectivity index (χ3v) is 34.5. The van der Waals surface area contributed by atoms with Crippen molar-refractivity contribution in [2.45, 2.75) is 16.1 Å². The van der Waals surface area contributed by atoms with Crippen LogP contribution in [0.15, 0.2) is 446 Å². The topological polar surface area (TPSA) is 134 Å². The summed E-state index contributed by atoms with van der Waals surface area (Å²) in [6.07, 6.45) is 11.0. The van der Waals surface area contributed by atoms with E-state index in [0.717, 1.165) is 121 Å². The lowest BCUT2D eigenvalue weighted by Gasteiger charge is -2.16. The average Bonchev–Trinajstić information content (AvgIpc) is 1.54. The molecule has 1 aliphatic heterocycles. The molecular weight excluding hydrogens is 1850 g/mol. The lowest BCUT2D eigenvalue weighted by molar-refractivity contribution is 0.652. The first-order valence-electron chi connectivity index (χ1n) is 48.8. The Bertz CT molecular complexity index is 11000. The minimum Gasteiger partial charge on any atom is -0.436 e. The summed E-state index contributed by atoms with van der Waals surface area (Å²) >= 11 is 7.50. The van der Waals surface area contributed by atoms with E-state index in [9.17, 15) is 0 Å². The van der Waals surface area contributed by atoms with Crippen molar-refractivity contribution in [1.29, 1.82) is 0 Å². The van der Waals surface area contributed by atoms with Gasteiger partial charge < -0.3 is 9.40 Å². The number of furan rings is 1. The zero-order valence-corrected chi connectivity index (χ0v) is 80.5. The molecular formula is C129H75N11OS4. The lowest BCUT2D eigenvalue weighted by atomic mass is 9.87. The number of hydrogen-bond donors (Lipinski definition) is 1.